The molecule has 1 rings (SSSR count). The number of halogens is 2. The molecule has 5 nitrogen and oxygen atoms in total. The molecule has 1 heterocycles. The SMILES string of the molecule is CCNC(=NCC(F)F)N1CCOC(COC)C1. The maximum absolute atomic E-state index is 12.2. The predicted octanol–water partition coefficient (Wildman–Crippen LogP) is 0.564. The maximum atomic E-state index is 12.2. The van der Waals surface area contributed by atoms with Crippen LogP contribution in [0.3, 0.4) is 0 Å². The molecule has 0 amide bonds. The highest BCUT2D eigenvalue weighted by molar-refractivity contribution is 5.80. The number of rotatable bonds is 5. The van der Waals surface area contributed by atoms with Crippen LogP contribution in [0.2, 0.25) is 0 Å². The summed E-state index contributed by atoms with van der Waals surface area (Å²) in [7, 11) is 1.61. The molecule has 18 heavy (non-hydrogen) atoms. The van der Waals surface area contributed by atoms with E-state index in [-0.39, 0.29) is 6.10 Å². The quantitative estimate of drug-likeness (QED) is 0.583. The third kappa shape index (κ3) is 5.14. The van der Waals surface area contributed by atoms with Crippen molar-refractivity contribution in [1.29, 1.82) is 0 Å². The molecule has 0 saturated carbocycles. The molecule has 0 spiro atoms. The van der Waals surface area contributed by atoms with Gasteiger partial charge < -0.3 is 19.7 Å². The van der Waals surface area contributed by atoms with E-state index in [1.54, 1.807) is 7.11 Å². The smallest absolute Gasteiger partial charge is 0.257 e. The molecule has 1 aliphatic rings. The van der Waals surface area contributed by atoms with Gasteiger partial charge in [0, 0.05) is 26.7 Å². The van der Waals surface area contributed by atoms with Gasteiger partial charge in [0.15, 0.2) is 5.96 Å². The lowest BCUT2D eigenvalue weighted by atomic mass is 10.3. The van der Waals surface area contributed by atoms with Crippen LogP contribution in [0.4, 0.5) is 8.78 Å². The van der Waals surface area contributed by atoms with Crippen LogP contribution in [0.1, 0.15) is 6.92 Å². The second-order valence-corrected chi connectivity index (χ2v) is 3.98. The first kappa shape index (κ1) is 15.1. The highest BCUT2D eigenvalue weighted by Crippen LogP contribution is 2.06. The highest BCUT2D eigenvalue weighted by atomic mass is 19.3. The number of methoxy groups -OCH3 is 1. The molecule has 1 atom stereocenters. The van der Waals surface area contributed by atoms with Gasteiger partial charge in [-0.15, -0.1) is 0 Å². The second-order valence-electron chi connectivity index (χ2n) is 3.98. The van der Waals surface area contributed by atoms with Crippen LogP contribution < -0.4 is 5.32 Å². The van der Waals surface area contributed by atoms with Crippen LogP contribution in [0.5, 0.6) is 0 Å². The van der Waals surface area contributed by atoms with Crippen molar-refractivity contribution in [2.75, 3.05) is 46.5 Å². The molecule has 1 unspecified atom stereocenters. The Balaban J connectivity index is 2.57. The summed E-state index contributed by atoms with van der Waals surface area (Å²) in [6.07, 6.45) is -2.46. The van der Waals surface area contributed by atoms with Crippen molar-refractivity contribution in [1.82, 2.24) is 10.2 Å². The number of aliphatic imine (C=N–C) groups is 1. The summed E-state index contributed by atoms with van der Waals surface area (Å²) in [5, 5.41) is 3.02. The van der Waals surface area contributed by atoms with Gasteiger partial charge in [0.05, 0.1) is 19.3 Å². The number of ether oxygens (including phenoxy) is 2. The van der Waals surface area contributed by atoms with Gasteiger partial charge in [-0.1, -0.05) is 0 Å². The van der Waals surface area contributed by atoms with E-state index >= 15 is 0 Å². The van der Waals surface area contributed by atoms with E-state index in [9.17, 15) is 8.78 Å². The van der Waals surface area contributed by atoms with Gasteiger partial charge in [-0.3, -0.25) is 0 Å². The van der Waals surface area contributed by atoms with Gasteiger partial charge >= 0.3 is 0 Å². The molecule has 1 saturated heterocycles. The zero-order chi connectivity index (χ0) is 13.4. The summed E-state index contributed by atoms with van der Waals surface area (Å²) < 4.78 is 34.9. The van der Waals surface area contributed by atoms with Crippen molar-refractivity contribution in [2.45, 2.75) is 19.5 Å². The standard InChI is InChI=1S/C11H21F2N3O2/c1-3-14-11(15-6-10(12)13)16-4-5-18-9(7-16)8-17-2/h9-10H,3-8H2,1-2H3,(H,14,15). The first-order valence-electron chi connectivity index (χ1n) is 6.09. The molecule has 0 aromatic rings. The summed E-state index contributed by atoms with van der Waals surface area (Å²) in [6.45, 7) is 4.37. The topological polar surface area (TPSA) is 46.1 Å². The molecule has 1 N–H and O–H groups in total. The molecule has 106 valence electrons. The summed E-state index contributed by atoms with van der Waals surface area (Å²) in [6, 6.07) is 0. The van der Waals surface area contributed by atoms with Crippen molar-refractivity contribution < 1.29 is 18.3 Å². The Morgan fingerprint density at radius 2 is 2.39 bits per heavy atom. The minimum Gasteiger partial charge on any atom is -0.382 e. The molecule has 1 aliphatic heterocycles. The van der Waals surface area contributed by atoms with E-state index in [1.807, 2.05) is 11.8 Å². The zero-order valence-corrected chi connectivity index (χ0v) is 10.9. The fraction of sp³-hybridized carbons (Fsp3) is 0.909. The first-order chi connectivity index (χ1) is 8.67. The van der Waals surface area contributed by atoms with E-state index in [0.29, 0.717) is 38.8 Å². The van der Waals surface area contributed by atoms with Crippen molar-refractivity contribution in [3.05, 3.63) is 0 Å². The number of hydrogen-bond donors (Lipinski definition) is 1. The second kappa shape index (κ2) is 8.20. The lowest BCUT2D eigenvalue weighted by molar-refractivity contribution is -0.0447. The highest BCUT2D eigenvalue weighted by Gasteiger charge is 2.22. The van der Waals surface area contributed by atoms with Crippen LogP contribution in [0.25, 0.3) is 0 Å². The van der Waals surface area contributed by atoms with Gasteiger partial charge in [0.2, 0.25) is 0 Å². The number of nitrogens with one attached hydrogen (secondary N) is 1. The minimum absolute atomic E-state index is 0.0424. The Labute approximate surface area is 106 Å². The van der Waals surface area contributed by atoms with E-state index in [2.05, 4.69) is 10.3 Å². The summed E-state index contributed by atoms with van der Waals surface area (Å²) in [4.78, 5) is 5.85. The van der Waals surface area contributed by atoms with Crippen LogP contribution in [0, 0.1) is 0 Å². The normalized spacial score (nSPS) is 21.5. The molecular formula is C11H21F2N3O2. The van der Waals surface area contributed by atoms with Crippen molar-refractivity contribution in [3.63, 3.8) is 0 Å². The lowest BCUT2D eigenvalue weighted by Gasteiger charge is -2.34. The zero-order valence-electron chi connectivity index (χ0n) is 10.9. The summed E-state index contributed by atoms with van der Waals surface area (Å²) in [5.41, 5.74) is 0. The number of guanidine groups is 1. The van der Waals surface area contributed by atoms with Gasteiger partial charge in [0.25, 0.3) is 6.43 Å². The third-order valence-electron chi connectivity index (χ3n) is 2.50. The first-order valence-corrected chi connectivity index (χ1v) is 6.09. The Kier molecular flexibility index (Phi) is 6.89. The molecule has 0 radical (unpaired) electrons. The maximum Gasteiger partial charge on any atom is 0.257 e. The third-order valence-corrected chi connectivity index (χ3v) is 2.50. The van der Waals surface area contributed by atoms with E-state index in [4.69, 9.17) is 9.47 Å². The fourth-order valence-corrected chi connectivity index (χ4v) is 1.78. The average Bonchev–Trinajstić information content (AvgIpc) is 2.35. The van der Waals surface area contributed by atoms with Crippen molar-refractivity contribution >= 4 is 5.96 Å². The minimum atomic E-state index is -2.42. The van der Waals surface area contributed by atoms with Crippen LogP contribution in [0.15, 0.2) is 4.99 Å². The Bertz CT molecular complexity index is 263. The Morgan fingerprint density at radius 3 is 3.00 bits per heavy atom. The van der Waals surface area contributed by atoms with E-state index in [0.717, 1.165) is 0 Å². The molecule has 0 aromatic carbocycles. The lowest BCUT2D eigenvalue weighted by Crippen LogP contribution is -2.51. The summed E-state index contributed by atoms with van der Waals surface area (Å²) >= 11 is 0. The predicted molar refractivity (Wildman–Crippen MR) is 65.2 cm³/mol. The number of morpholine rings is 1. The van der Waals surface area contributed by atoms with Crippen LogP contribution in [-0.4, -0.2) is 69.9 Å². The molecule has 0 aliphatic carbocycles. The van der Waals surface area contributed by atoms with Gasteiger partial charge in [0.1, 0.15) is 6.54 Å². The van der Waals surface area contributed by atoms with Crippen molar-refractivity contribution in [2.24, 2.45) is 4.99 Å². The molecule has 0 bridgehead atoms. The Morgan fingerprint density at radius 1 is 1.61 bits per heavy atom. The fourth-order valence-electron chi connectivity index (χ4n) is 1.78. The number of nitrogens with zero attached hydrogens (tertiary/aromatic N) is 2. The summed E-state index contributed by atoms with van der Waals surface area (Å²) in [5.74, 6) is 0.516. The number of hydrogen-bond acceptors (Lipinski definition) is 3. The van der Waals surface area contributed by atoms with Gasteiger partial charge in [-0.2, -0.15) is 0 Å². The molecule has 0 aromatic heterocycles. The van der Waals surface area contributed by atoms with Gasteiger partial charge in [-0.05, 0) is 6.92 Å². The van der Waals surface area contributed by atoms with E-state index < -0.39 is 13.0 Å². The number of alkyl halides is 2. The molecule has 7 heteroatoms. The largest absolute Gasteiger partial charge is 0.382 e. The molecule has 1 fully saturated rings. The van der Waals surface area contributed by atoms with Crippen LogP contribution in [-0.2, 0) is 9.47 Å². The van der Waals surface area contributed by atoms with Gasteiger partial charge in [-0.25, -0.2) is 13.8 Å². The van der Waals surface area contributed by atoms with Crippen LogP contribution >= 0.6 is 0 Å². The average molecular weight is 265 g/mol. The van der Waals surface area contributed by atoms with Crippen molar-refractivity contribution in [3.8, 4) is 0 Å². The monoisotopic (exact) mass is 265 g/mol. The Hall–Kier alpha value is -0.950. The van der Waals surface area contributed by atoms with E-state index in [1.165, 1.54) is 0 Å². The molecular weight excluding hydrogens is 244 g/mol.